The van der Waals surface area contributed by atoms with Crippen LogP contribution in [0.1, 0.15) is 43.7 Å². The van der Waals surface area contributed by atoms with Crippen molar-refractivity contribution in [3.63, 3.8) is 0 Å². The van der Waals surface area contributed by atoms with Crippen molar-refractivity contribution in [3.8, 4) is 0 Å². The molecule has 15 heavy (non-hydrogen) atoms. The topological polar surface area (TPSA) is 0 Å². The van der Waals surface area contributed by atoms with Gasteiger partial charge in [0.2, 0.25) is 0 Å². The van der Waals surface area contributed by atoms with Crippen molar-refractivity contribution in [2.45, 2.75) is 39.5 Å². The van der Waals surface area contributed by atoms with Gasteiger partial charge in [-0.05, 0) is 54.7 Å². The zero-order valence-corrected chi connectivity index (χ0v) is 9.76. The van der Waals surface area contributed by atoms with Crippen LogP contribution in [0.4, 0.5) is 4.39 Å². The Hall–Kier alpha value is -0.850. The van der Waals surface area contributed by atoms with Gasteiger partial charge in [-0.1, -0.05) is 26.0 Å². The van der Waals surface area contributed by atoms with Crippen molar-refractivity contribution in [1.82, 2.24) is 0 Å². The molecule has 1 heteroatoms. The van der Waals surface area contributed by atoms with Crippen LogP contribution in [0.25, 0.3) is 0 Å². The van der Waals surface area contributed by atoms with Crippen LogP contribution < -0.4 is 0 Å². The molecule has 1 saturated carbocycles. The van der Waals surface area contributed by atoms with Crippen molar-refractivity contribution < 1.29 is 4.39 Å². The van der Waals surface area contributed by atoms with Crippen LogP contribution in [0.3, 0.4) is 0 Å². The first-order valence-electron chi connectivity index (χ1n) is 5.85. The lowest BCUT2D eigenvalue weighted by molar-refractivity contribution is 0.430. The van der Waals surface area contributed by atoms with Crippen LogP contribution in [0, 0.1) is 24.6 Å². The lowest BCUT2D eigenvalue weighted by Gasteiger charge is -2.21. The summed E-state index contributed by atoms with van der Waals surface area (Å²) >= 11 is 0. The van der Waals surface area contributed by atoms with Gasteiger partial charge in [0.25, 0.3) is 0 Å². The first kappa shape index (κ1) is 10.7. The number of halogens is 1. The Morgan fingerprint density at radius 2 is 1.93 bits per heavy atom. The van der Waals surface area contributed by atoms with E-state index in [1.54, 1.807) is 6.07 Å². The van der Waals surface area contributed by atoms with E-state index in [1.165, 1.54) is 12.8 Å². The molecule has 0 saturated heterocycles. The Labute approximate surface area is 91.5 Å². The van der Waals surface area contributed by atoms with Crippen LogP contribution in [0.15, 0.2) is 18.2 Å². The van der Waals surface area contributed by atoms with Crippen molar-refractivity contribution in [3.05, 3.63) is 35.1 Å². The molecule has 0 aliphatic heterocycles. The highest BCUT2D eigenvalue weighted by Gasteiger charge is 2.35. The van der Waals surface area contributed by atoms with Crippen molar-refractivity contribution in [2.75, 3.05) is 0 Å². The normalized spacial score (nSPS) is 18.2. The maximum atomic E-state index is 13.8. The average Bonchev–Trinajstić information content (AvgIpc) is 2.92. The molecular formula is C14H19F. The molecule has 0 heterocycles. The minimum absolute atomic E-state index is 0.0133. The van der Waals surface area contributed by atoms with Gasteiger partial charge in [0.1, 0.15) is 5.82 Å². The van der Waals surface area contributed by atoms with Gasteiger partial charge in [0.15, 0.2) is 0 Å². The summed E-state index contributed by atoms with van der Waals surface area (Å²) in [5.74, 6) is 1.67. The van der Waals surface area contributed by atoms with Crippen LogP contribution in [-0.2, 0) is 0 Å². The summed E-state index contributed by atoms with van der Waals surface area (Å²) in [4.78, 5) is 0. The molecule has 0 amide bonds. The minimum atomic E-state index is -0.0133. The van der Waals surface area contributed by atoms with E-state index in [0.717, 1.165) is 17.0 Å². The molecule has 2 rings (SSSR count). The number of hydrogen-bond acceptors (Lipinski definition) is 0. The summed E-state index contributed by atoms with van der Waals surface area (Å²) in [6.45, 7) is 6.33. The predicted molar refractivity (Wildman–Crippen MR) is 61.4 cm³/mol. The van der Waals surface area contributed by atoms with Crippen LogP contribution in [-0.4, -0.2) is 0 Å². The van der Waals surface area contributed by atoms with Crippen LogP contribution >= 0.6 is 0 Å². The van der Waals surface area contributed by atoms with Crippen LogP contribution in [0.5, 0.6) is 0 Å². The van der Waals surface area contributed by atoms with Gasteiger partial charge >= 0.3 is 0 Å². The van der Waals surface area contributed by atoms with E-state index in [9.17, 15) is 4.39 Å². The fourth-order valence-electron chi connectivity index (χ4n) is 2.52. The Kier molecular flexibility index (Phi) is 2.81. The van der Waals surface area contributed by atoms with Gasteiger partial charge in [-0.25, -0.2) is 4.39 Å². The molecule has 0 N–H and O–H groups in total. The Morgan fingerprint density at radius 1 is 1.27 bits per heavy atom. The zero-order valence-electron chi connectivity index (χ0n) is 9.76. The molecule has 0 nitrogen and oxygen atoms in total. The van der Waals surface area contributed by atoms with E-state index in [1.807, 2.05) is 19.1 Å². The monoisotopic (exact) mass is 206 g/mol. The molecule has 1 unspecified atom stereocenters. The summed E-state index contributed by atoms with van der Waals surface area (Å²) in [6.07, 6.45) is 2.55. The molecular weight excluding hydrogens is 187 g/mol. The van der Waals surface area contributed by atoms with Gasteiger partial charge in [-0.3, -0.25) is 0 Å². The lowest BCUT2D eigenvalue weighted by atomic mass is 9.84. The number of aryl methyl sites for hydroxylation is 1. The molecule has 1 aromatic rings. The largest absolute Gasteiger partial charge is 0.207 e. The van der Waals surface area contributed by atoms with E-state index in [0.29, 0.717) is 11.8 Å². The predicted octanol–water partition coefficient (Wildman–Crippen LogP) is 4.28. The average molecular weight is 206 g/mol. The smallest absolute Gasteiger partial charge is 0.126 e. The van der Waals surface area contributed by atoms with E-state index in [-0.39, 0.29) is 5.82 Å². The molecule has 1 aliphatic carbocycles. The molecule has 0 spiro atoms. The molecule has 0 radical (unpaired) electrons. The minimum Gasteiger partial charge on any atom is -0.207 e. The third-order valence-corrected chi connectivity index (χ3v) is 3.36. The standard InChI is InChI=1S/C14H19F/c1-9(2)14(11-5-6-11)12-7-4-10(3)8-13(12)15/h4,7-9,11,14H,5-6H2,1-3H3. The first-order chi connectivity index (χ1) is 7.09. The fraction of sp³-hybridized carbons (Fsp3) is 0.571. The molecule has 1 aromatic carbocycles. The van der Waals surface area contributed by atoms with Gasteiger partial charge in [-0.15, -0.1) is 0 Å². The third-order valence-electron chi connectivity index (χ3n) is 3.36. The first-order valence-corrected chi connectivity index (χ1v) is 5.85. The lowest BCUT2D eigenvalue weighted by Crippen LogP contribution is -2.11. The quantitative estimate of drug-likeness (QED) is 0.692. The summed E-state index contributed by atoms with van der Waals surface area (Å²) in [5, 5.41) is 0. The number of benzene rings is 1. The summed E-state index contributed by atoms with van der Waals surface area (Å²) < 4.78 is 13.8. The molecule has 82 valence electrons. The highest BCUT2D eigenvalue weighted by Crippen LogP contribution is 2.47. The van der Waals surface area contributed by atoms with E-state index >= 15 is 0 Å². The molecule has 1 aliphatic rings. The molecule has 0 aromatic heterocycles. The fourth-order valence-corrected chi connectivity index (χ4v) is 2.52. The van der Waals surface area contributed by atoms with Gasteiger partial charge in [0.05, 0.1) is 0 Å². The second kappa shape index (κ2) is 3.96. The molecule has 0 bridgehead atoms. The second-order valence-corrected chi connectivity index (χ2v) is 5.13. The molecule has 1 atom stereocenters. The SMILES string of the molecule is Cc1ccc(C(C(C)C)C2CC2)c(F)c1. The van der Waals surface area contributed by atoms with Crippen molar-refractivity contribution in [2.24, 2.45) is 11.8 Å². The third kappa shape index (κ3) is 2.22. The van der Waals surface area contributed by atoms with Gasteiger partial charge in [-0.2, -0.15) is 0 Å². The number of hydrogen-bond donors (Lipinski definition) is 0. The Morgan fingerprint density at radius 3 is 2.40 bits per heavy atom. The van der Waals surface area contributed by atoms with Crippen molar-refractivity contribution in [1.29, 1.82) is 0 Å². The van der Waals surface area contributed by atoms with Gasteiger partial charge in [0, 0.05) is 0 Å². The zero-order chi connectivity index (χ0) is 11.0. The van der Waals surface area contributed by atoms with Crippen LogP contribution in [0.2, 0.25) is 0 Å². The highest BCUT2D eigenvalue weighted by molar-refractivity contribution is 5.28. The van der Waals surface area contributed by atoms with Crippen molar-refractivity contribution >= 4 is 0 Å². The molecule has 1 fully saturated rings. The number of rotatable bonds is 3. The van der Waals surface area contributed by atoms with E-state index < -0.39 is 0 Å². The van der Waals surface area contributed by atoms with Gasteiger partial charge < -0.3 is 0 Å². The van der Waals surface area contributed by atoms with E-state index in [4.69, 9.17) is 0 Å². The Bertz CT molecular complexity index is 348. The van der Waals surface area contributed by atoms with E-state index in [2.05, 4.69) is 13.8 Å². The highest BCUT2D eigenvalue weighted by atomic mass is 19.1. The Balaban J connectivity index is 2.33. The second-order valence-electron chi connectivity index (χ2n) is 5.13. The maximum absolute atomic E-state index is 13.8. The summed E-state index contributed by atoms with van der Waals surface area (Å²) in [7, 11) is 0. The maximum Gasteiger partial charge on any atom is 0.126 e. The summed E-state index contributed by atoms with van der Waals surface area (Å²) in [6, 6.07) is 5.66. The summed E-state index contributed by atoms with van der Waals surface area (Å²) in [5.41, 5.74) is 1.94.